The van der Waals surface area contributed by atoms with E-state index in [-0.39, 0.29) is 18.4 Å². The first-order valence-corrected chi connectivity index (χ1v) is 5.72. The Bertz CT molecular complexity index is 416. The van der Waals surface area contributed by atoms with E-state index in [0.717, 1.165) is 12.0 Å². The second-order valence-corrected chi connectivity index (χ2v) is 4.27. The highest BCUT2D eigenvalue weighted by Gasteiger charge is 2.43. The Morgan fingerprint density at radius 3 is 2.58 bits per heavy atom. The maximum absolute atomic E-state index is 11.4. The Kier molecular flexibility index (Phi) is 5.05. The summed E-state index contributed by atoms with van der Waals surface area (Å²) in [6.07, 6.45) is 0.322. The van der Waals surface area contributed by atoms with E-state index in [2.05, 4.69) is 9.47 Å². The van der Waals surface area contributed by atoms with E-state index in [4.69, 9.17) is 0 Å². The SMILES string of the molecule is COC(=O)/C=C(/C)CC1CC(=O)N1C(O)C(=O)OC. The number of rotatable bonds is 5. The van der Waals surface area contributed by atoms with Crippen LogP contribution in [-0.4, -0.2) is 54.3 Å². The molecule has 1 fully saturated rings. The number of likely N-dealkylation sites (tertiary alicyclic amines) is 1. The molecular weight excluding hydrogens is 254 g/mol. The average molecular weight is 271 g/mol. The first-order valence-electron chi connectivity index (χ1n) is 5.72. The van der Waals surface area contributed by atoms with Gasteiger partial charge in [0.2, 0.25) is 12.1 Å². The highest BCUT2D eigenvalue weighted by molar-refractivity contribution is 5.88. The molecule has 1 N–H and O–H groups in total. The van der Waals surface area contributed by atoms with Crippen LogP contribution in [0.1, 0.15) is 19.8 Å². The lowest BCUT2D eigenvalue weighted by molar-refractivity contribution is -0.181. The van der Waals surface area contributed by atoms with Gasteiger partial charge in [-0.3, -0.25) is 4.79 Å². The third-order valence-corrected chi connectivity index (χ3v) is 2.89. The molecule has 0 bridgehead atoms. The van der Waals surface area contributed by atoms with E-state index in [0.29, 0.717) is 12.0 Å². The fraction of sp³-hybridized carbons (Fsp3) is 0.583. The van der Waals surface area contributed by atoms with Gasteiger partial charge in [-0.05, 0) is 13.3 Å². The molecule has 7 nitrogen and oxygen atoms in total. The van der Waals surface area contributed by atoms with Crippen molar-refractivity contribution in [3.8, 4) is 0 Å². The Balaban J connectivity index is 2.65. The lowest BCUT2D eigenvalue weighted by Crippen LogP contribution is -2.60. The minimum atomic E-state index is -1.60. The molecule has 0 aromatic rings. The molecule has 1 heterocycles. The highest BCUT2D eigenvalue weighted by atomic mass is 16.5. The van der Waals surface area contributed by atoms with Crippen molar-refractivity contribution in [3.05, 3.63) is 11.6 Å². The second kappa shape index (κ2) is 6.33. The molecule has 2 unspecified atom stereocenters. The monoisotopic (exact) mass is 271 g/mol. The summed E-state index contributed by atoms with van der Waals surface area (Å²) in [7, 11) is 2.40. The van der Waals surface area contributed by atoms with Crippen molar-refractivity contribution in [2.45, 2.75) is 32.0 Å². The van der Waals surface area contributed by atoms with Crippen molar-refractivity contribution in [2.75, 3.05) is 14.2 Å². The molecule has 1 aliphatic heterocycles. The molecule has 106 valence electrons. The van der Waals surface area contributed by atoms with Crippen molar-refractivity contribution < 1.29 is 29.0 Å². The zero-order valence-corrected chi connectivity index (χ0v) is 11.1. The van der Waals surface area contributed by atoms with E-state index in [1.165, 1.54) is 13.2 Å². The summed E-state index contributed by atoms with van der Waals surface area (Å²) in [6, 6.07) is -0.317. The number of methoxy groups -OCH3 is 2. The van der Waals surface area contributed by atoms with E-state index in [1.807, 2.05) is 0 Å². The summed E-state index contributed by atoms with van der Waals surface area (Å²) in [5.74, 6) is -1.69. The minimum absolute atomic E-state index is 0.223. The fourth-order valence-electron chi connectivity index (χ4n) is 1.91. The van der Waals surface area contributed by atoms with Crippen LogP contribution in [-0.2, 0) is 23.9 Å². The normalized spacial score (nSPS) is 20.6. The maximum atomic E-state index is 11.4. The number of amides is 1. The van der Waals surface area contributed by atoms with E-state index < -0.39 is 18.2 Å². The summed E-state index contributed by atoms with van der Waals surface area (Å²) in [4.78, 5) is 34.7. The number of ether oxygens (including phenoxy) is 2. The van der Waals surface area contributed by atoms with Crippen LogP contribution in [0.3, 0.4) is 0 Å². The van der Waals surface area contributed by atoms with Crippen molar-refractivity contribution in [3.63, 3.8) is 0 Å². The zero-order valence-electron chi connectivity index (χ0n) is 11.1. The highest BCUT2D eigenvalue weighted by Crippen LogP contribution is 2.27. The second-order valence-electron chi connectivity index (χ2n) is 4.27. The molecule has 1 amide bonds. The number of hydrogen-bond acceptors (Lipinski definition) is 6. The third-order valence-electron chi connectivity index (χ3n) is 2.89. The number of esters is 2. The average Bonchev–Trinajstić information content (AvgIpc) is 2.36. The Morgan fingerprint density at radius 2 is 2.11 bits per heavy atom. The summed E-state index contributed by atoms with van der Waals surface area (Å²) in [5.41, 5.74) is 0.700. The van der Waals surface area contributed by atoms with Gasteiger partial charge in [0.25, 0.3) is 0 Å². The van der Waals surface area contributed by atoms with Gasteiger partial charge in [0.1, 0.15) is 0 Å². The van der Waals surface area contributed by atoms with Gasteiger partial charge in [-0.25, -0.2) is 9.59 Å². The predicted molar refractivity (Wildman–Crippen MR) is 63.7 cm³/mol. The molecule has 19 heavy (non-hydrogen) atoms. The number of carbonyl (C=O) groups excluding carboxylic acids is 3. The first kappa shape index (κ1) is 15.2. The predicted octanol–water partition coefficient (Wildman–Crippen LogP) is -0.412. The lowest BCUT2D eigenvalue weighted by Gasteiger charge is -2.42. The molecule has 1 aliphatic rings. The molecular formula is C12H17NO6. The van der Waals surface area contributed by atoms with E-state index in [9.17, 15) is 19.5 Å². The lowest BCUT2D eigenvalue weighted by atomic mass is 9.94. The smallest absolute Gasteiger partial charge is 0.356 e. The van der Waals surface area contributed by atoms with Crippen LogP contribution in [0, 0.1) is 0 Å². The third kappa shape index (κ3) is 3.54. The maximum Gasteiger partial charge on any atom is 0.356 e. The quantitative estimate of drug-likeness (QED) is 0.415. The van der Waals surface area contributed by atoms with Crippen LogP contribution in [0.2, 0.25) is 0 Å². The van der Waals surface area contributed by atoms with Crippen molar-refractivity contribution in [1.29, 1.82) is 0 Å². The molecule has 0 aliphatic carbocycles. The molecule has 0 spiro atoms. The Labute approximate surface area is 110 Å². The molecule has 1 rings (SSSR count). The molecule has 7 heteroatoms. The molecule has 1 saturated heterocycles. The van der Waals surface area contributed by atoms with Crippen molar-refractivity contribution in [1.82, 2.24) is 4.90 Å². The summed E-state index contributed by atoms with van der Waals surface area (Å²) >= 11 is 0. The van der Waals surface area contributed by atoms with Crippen molar-refractivity contribution >= 4 is 17.8 Å². The van der Waals surface area contributed by atoms with Crippen LogP contribution in [0.25, 0.3) is 0 Å². The number of nitrogens with zero attached hydrogens (tertiary/aromatic N) is 1. The number of aliphatic hydroxyl groups is 1. The van der Waals surface area contributed by atoms with Crippen LogP contribution in [0.15, 0.2) is 11.6 Å². The van der Waals surface area contributed by atoms with Gasteiger partial charge < -0.3 is 19.5 Å². The van der Waals surface area contributed by atoms with Gasteiger partial charge in [0, 0.05) is 18.5 Å². The van der Waals surface area contributed by atoms with E-state index >= 15 is 0 Å². The topological polar surface area (TPSA) is 93.1 Å². The fourth-order valence-corrected chi connectivity index (χ4v) is 1.91. The summed E-state index contributed by atoms with van der Waals surface area (Å²) in [5, 5.41) is 9.64. The number of β-lactam (4-membered cyclic amide) rings is 1. The Morgan fingerprint density at radius 1 is 1.47 bits per heavy atom. The standard InChI is InChI=1S/C12H17NO6/c1-7(5-10(15)18-2)4-8-6-9(14)13(8)11(16)12(17)19-3/h5,8,11,16H,4,6H2,1-3H3/b7-5-. The molecule has 0 aromatic carbocycles. The number of aliphatic hydroxyl groups excluding tert-OH is 1. The minimum Gasteiger partial charge on any atom is -0.466 e. The van der Waals surface area contributed by atoms with Gasteiger partial charge in [0.05, 0.1) is 14.2 Å². The zero-order chi connectivity index (χ0) is 14.6. The molecule has 0 aromatic heterocycles. The van der Waals surface area contributed by atoms with Crippen LogP contribution < -0.4 is 0 Å². The first-order chi connectivity index (χ1) is 8.90. The van der Waals surface area contributed by atoms with Crippen LogP contribution in [0.5, 0.6) is 0 Å². The van der Waals surface area contributed by atoms with Crippen LogP contribution >= 0.6 is 0 Å². The van der Waals surface area contributed by atoms with Crippen LogP contribution in [0.4, 0.5) is 0 Å². The summed E-state index contributed by atoms with van der Waals surface area (Å²) < 4.78 is 8.87. The van der Waals surface area contributed by atoms with Gasteiger partial charge in [0.15, 0.2) is 0 Å². The molecule has 0 saturated carbocycles. The van der Waals surface area contributed by atoms with Gasteiger partial charge in [-0.2, -0.15) is 0 Å². The van der Waals surface area contributed by atoms with Gasteiger partial charge in [-0.15, -0.1) is 0 Å². The number of hydrogen-bond donors (Lipinski definition) is 1. The largest absolute Gasteiger partial charge is 0.466 e. The number of carbonyl (C=O) groups is 3. The molecule has 2 atom stereocenters. The molecule has 0 radical (unpaired) electrons. The van der Waals surface area contributed by atoms with E-state index in [1.54, 1.807) is 6.92 Å². The Hall–Kier alpha value is -1.89. The van der Waals surface area contributed by atoms with Gasteiger partial charge >= 0.3 is 11.9 Å². The van der Waals surface area contributed by atoms with Gasteiger partial charge in [-0.1, -0.05) is 5.57 Å². The summed E-state index contributed by atoms with van der Waals surface area (Å²) in [6.45, 7) is 1.71. The van der Waals surface area contributed by atoms with Crippen molar-refractivity contribution in [2.24, 2.45) is 0 Å².